The molecule has 20 heavy (non-hydrogen) atoms. The second-order valence-electron chi connectivity index (χ2n) is 5.39. The first-order chi connectivity index (χ1) is 9.37. The summed E-state index contributed by atoms with van der Waals surface area (Å²) in [4.78, 5) is 25.6. The van der Waals surface area contributed by atoms with Gasteiger partial charge in [-0.05, 0) is 18.9 Å². The maximum absolute atomic E-state index is 12.6. The molecule has 1 saturated carbocycles. The molecule has 1 heterocycles. The summed E-state index contributed by atoms with van der Waals surface area (Å²) in [6, 6.07) is 8.88. The van der Waals surface area contributed by atoms with Gasteiger partial charge in [-0.15, -0.1) is 23.2 Å². The molecule has 3 rings (SSSR count). The van der Waals surface area contributed by atoms with Crippen molar-refractivity contribution in [3.8, 4) is 0 Å². The lowest BCUT2D eigenvalue weighted by Crippen LogP contribution is -2.40. The molecule has 2 fully saturated rings. The molecule has 0 radical (unpaired) electrons. The zero-order valence-electron chi connectivity index (χ0n) is 10.8. The molecule has 1 aromatic rings. The van der Waals surface area contributed by atoms with Crippen LogP contribution in [0.3, 0.4) is 0 Å². The van der Waals surface area contributed by atoms with Crippen LogP contribution in [0.5, 0.6) is 0 Å². The van der Waals surface area contributed by atoms with Gasteiger partial charge in [-0.2, -0.15) is 0 Å². The number of hydrogen-bond donors (Lipinski definition) is 0. The van der Waals surface area contributed by atoms with Gasteiger partial charge in [-0.3, -0.25) is 4.79 Å². The average molecular weight is 314 g/mol. The average Bonchev–Trinajstić information content (AvgIpc) is 2.77. The maximum Gasteiger partial charge on any atom is 0.417 e. The van der Waals surface area contributed by atoms with E-state index in [1.165, 1.54) is 0 Å². The molecule has 0 aromatic heterocycles. The number of rotatable bonds is 2. The van der Waals surface area contributed by atoms with Crippen LogP contribution < -0.4 is 0 Å². The number of imide groups is 1. The minimum absolute atomic E-state index is 0.155. The van der Waals surface area contributed by atoms with Gasteiger partial charge in [0, 0.05) is 0 Å². The molecule has 1 aliphatic carbocycles. The van der Waals surface area contributed by atoms with Crippen molar-refractivity contribution < 1.29 is 14.3 Å². The molecule has 6 heteroatoms. The lowest BCUT2D eigenvalue weighted by molar-refractivity contribution is -0.134. The standard InChI is InChI=1S/C14H13Cl2NO3/c1-13(8-14(13,15)16)11(18)17-10(7-20-12(17)19)9-5-3-2-4-6-9/h2-6,10H,7-8H2,1H3/t10-,13-/m1/s1. The molecular weight excluding hydrogens is 301 g/mol. The third kappa shape index (κ3) is 1.90. The Morgan fingerprint density at radius 1 is 1.35 bits per heavy atom. The summed E-state index contributed by atoms with van der Waals surface area (Å²) < 4.78 is 3.92. The van der Waals surface area contributed by atoms with Crippen molar-refractivity contribution in [2.24, 2.45) is 5.41 Å². The second-order valence-corrected chi connectivity index (χ2v) is 6.88. The number of cyclic esters (lactones) is 1. The molecule has 0 bridgehead atoms. The van der Waals surface area contributed by atoms with Crippen molar-refractivity contribution in [1.29, 1.82) is 0 Å². The van der Waals surface area contributed by atoms with Crippen molar-refractivity contribution in [3.05, 3.63) is 35.9 Å². The fraction of sp³-hybridized carbons (Fsp3) is 0.429. The number of carbonyl (C=O) groups is 2. The van der Waals surface area contributed by atoms with Gasteiger partial charge in [0.25, 0.3) is 0 Å². The van der Waals surface area contributed by atoms with Crippen molar-refractivity contribution in [1.82, 2.24) is 4.90 Å². The first-order valence-electron chi connectivity index (χ1n) is 6.30. The number of alkyl halides is 2. The lowest BCUT2D eigenvalue weighted by Gasteiger charge is -2.23. The number of hydrogen-bond acceptors (Lipinski definition) is 3. The summed E-state index contributed by atoms with van der Waals surface area (Å²) in [6.07, 6.45) is -0.297. The van der Waals surface area contributed by atoms with Crippen LogP contribution in [0, 0.1) is 5.41 Å². The van der Waals surface area contributed by atoms with E-state index in [0.717, 1.165) is 10.5 Å². The summed E-state index contributed by atoms with van der Waals surface area (Å²) in [7, 11) is 0. The lowest BCUT2D eigenvalue weighted by atomic mass is 10.0. The molecule has 2 aliphatic rings. The van der Waals surface area contributed by atoms with Gasteiger partial charge in [-0.25, -0.2) is 9.69 Å². The highest BCUT2D eigenvalue weighted by Crippen LogP contribution is 2.65. The normalized spacial score (nSPS) is 31.1. The van der Waals surface area contributed by atoms with Crippen LogP contribution in [0.15, 0.2) is 30.3 Å². The van der Waals surface area contributed by atoms with Crippen LogP contribution in [0.1, 0.15) is 24.9 Å². The highest BCUT2D eigenvalue weighted by atomic mass is 35.5. The Morgan fingerprint density at radius 2 is 1.95 bits per heavy atom. The highest BCUT2D eigenvalue weighted by molar-refractivity contribution is 6.53. The Labute approximate surface area is 126 Å². The Kier molecular flexibility index (Phi) is 2.99. The predicted octanol–water partition coefficient (Wildman–Crippen LogP) is 3.29. The largest absolute Gasteiger partial charge is 0.446 e. The minimum atomic E-state index is -1.10. The van der Waals surface area contributed by atoms with Crippen LogP contribution in [0.2, 0.25) is 0 Å². The molecule has 1 aliphatic heterocycles. The molecule has 2 atom stereocenters. The number of nitrogens with zero attached hydrogens (tertiary/aromatic N) is 1. The smallest absolute Gasteiger partial charge is 0.417 e. The maximum atomic E-state index is 12.6. The number of benzene rings is 1. The number of amides is 2. The van der Waals surface area contributed by atoms with Crippen molar-refractivity contribution in [2.75, 3.05) is 6.61 Å². The van der Waals surface area contributed by atoms with Gasteiger partial charge >= 0.3 is 6.09 Å². The fourth-order valence-electron chi connectivity index (χ4n) is 2.46. The second kappa shape index (κ2) is 4.37. The SMILES string of the molecule is C[C@]1(C(=O)N2C(=O)OC[C@@H]2c2ccccc2)CC1(Cl)Cl. The molecule has 2 amide bonds. The topological polar surface area (TPSA) is 46.6 Å². The molecule has 1 saturated heterocycles. The molecule has 0 N–H and O–H groups in total. The van der Waals surface area contributed by atoms with Crippen LogP contribution in [0.4, 0.5) is 4.79 Å². The zero-order chi connectivity index (χ0) is 14.5. The van der Waals surface area contributed by atoms with Gasteiger partial charge in [0.15, 0.2) is 0 Å². The van der Waals surface area contributed by atoms with Crippen LogP contribution in [-0.4, -0.2) is 27.8 Å². The van der Waals surface area contributed by atoms with E-state index >= 15 is 0 Å². The zero-order valence-corrected chi connectivity index (χ0v) is 12.3. The van der Waals surface area contributed by atoms with Crippen molar-refractivity contribution >= 4 is 35.2 Å². The van der Waals surface area contributed by atoms with Crippen LogP contribution in [-0.2, 0) is 9.53 Å². The Hall–Kier alpha value is -1.26. The summed E-state index contributed by atoms with van der Waals surface area (Å²) in [5.41, 5.74) is -0.0716. The van der Waals surface area contributed by atoms with Gasteiger partial charge in [-0.1, -0.05) is 30.3 Å². The van der Waals surface area contributed by atoms with Gasteiger partial charge in [0.1, 0.15) is 17.0 Å². The number of ether oxygens (including phenoxy) is 1. The first-order valence-corrected chi connectivity index (χ1v) is 7.06. The summed E-state index contributed by atoms with van der Waals surface area (Å²) in [5, 5.41) is 0. The van der Waals surface area contributed by atoms with Crippen molar-refractivity contribution in [3.63, 3.8) is 0 Å². The van der Waals surface area contributed by atoms with Gasteiger partial charge in [0.05, 0.1) is 5.41 Å². The van der Waals surface area contributed by atoms with E-state index in [9.17, 15) is 9.59 Å². The van der Waals surface area contributed by atoms with Crippen LogP contribution in [0.25, 0.3) is 0 Å². The Bertz CT molecular complexity index is 575. The predicted molar refractivity (Wildman–Crippen MR) is 74.5 cm³/mol. The molecule has 1 aromatic carbocycles. The van der Waals surface area contributed by atoms with E-state index in [1.807, 2.05) is 30.3 Å². The van der Waals surface area contributed by atoms with E-state index in [1.54, 1.807) is 6.92 Å². The first kappa shape index (κ1) is 13.7. The minimum Gasteiger partial charge on any atom is -0.446 e. The Morgan fingerprint density at radius 3 is 2.50 bits per heavy atom. The summed E-state index contributed by atoms with van der Waals surface area (Å²) >= 11 is 12.1. The number of halogens is 2. The Balaban J connectivity index is 1.91. The fourth-order valence-corrected chi connectivity index (χ4v) is 3.16. The molecule has 0 unspecified atom stereocenters. The van der Waals surface area contributed by atoms with E-state index in [0.29, 0.717) is 6.42 Å². The van der Waals surface area contributed by atoms with E-state index in [4.69, 9.17) is 27.9 Å². The van der Waals surface area contributed by atoms with Crippen molar-refractivity contribution in [2.45, 2.75) is 23.7 Å². The monoisotopic (exact) mass is 313 g/mol. The van der Waals surface area contributed by atoms with E-state index in [2.05, 4.69) is 0 Å². The quantitative estimate of drug-likeness (QED) is 0.787. The van der Waals surface area contributed by atoms with Crippen LogP contribution >= 0.6 is 23.2 Å². The van der Waals surface area contributed by atoms with E-state index in [-0.39, 0.29) is 12.5 Å². The highest BCUT2D eigenvalue weighted by Gasteiger charge is 2.70. The van der Waals surface area contributed by atoms with Gasteiger partial charge < -0.3 is 4.74 Å². The summed E-state index contributed by atoms with van der Waals surface area (Å²) in [6.45, 7) is 1.82. The molecule has 4 nitrogen and oxygen atoms in total. The third-order valence-corrected chi connectivity index (χ3v) is 5.11. The summed E-state index contributed by atoms with van der Waals surface area (Å²) in [5.74, 6) is -0.376. The van der Waals surface area contributed by atoms with Gasteiger partial charge in [0.2, 0.25) is 5.91 Å². The third-order valence-electron chi connectivity index (χ3n) is 4.01. The van der Waals surface area contributed by atoms with E-state index < -0.39 is 21.9 Å². The molecule has 106 valence electrons. The molecular formula is C14H13Cl2NO3. The number of carbonyl (C=O) groups excluding carboxylic acids is 2. The molecule has 0 spiro atoms.